The van der Waals surface area contributed by atoms with Gasteiger partial charge in [-0.1, -0.05) is 5.92 Å². The van der Waals surface area contributed by atoms with E-state index in [1.165, 1.54) is 54.9 Å². The smallest absolute Gasteiger partial charge is 0.409 e. The number of carbonyl (C=O) groups is 4. The number of hydrogen-bond donors (Lipinski definition) is 2. The predicted molar refractivity (Wildman–Crippen MR) is 180 cm³/mol. The highest BCUT2D eigenvalue weighted by molar-refractivity contribution is 5.91. The van der Waals surface area contributed by atoms with E-state index in [2.05, 4.69) is 42.1 Å². The minimum absolute atomic E-state index is 0.0453. The Kier molecular flexibility index (Phi) is 9.89. The van der Waals surface area contributed by atoms with Gasteiger partial charge in [0.15, 0.2) is 36.0 Å². The SMILES string of the molecule is COC(=O)N1CCC(CC#Cc2nc(N)c3ncn(C4OC(C(=O)NC5CC5)C(OC(=O)c5cccnc5)C4OC(=O)c4cccnc4)c3n2)CC1. The van der Waals surface area contributed by atoms with Gasteiger partial charge in [-0.2, -0.15) is 0 Å². The van der Waals surface area contributed by atoms with Crippen molar-refractivity contribution in [2.24, 2.45) is 5.92 Å². The molecular weight excluding hydrogens is 674 g/mol. The Hall–Kier alpha value is -6.15. The molecule has 2 aliphatic heterocycles. The third-order valence-electron chi connectivity index (χ3n) is 9.01. The number of nitrogens with one attached hydrogen (secondary N) is 1. The molecule has 4 atom stereocenters. The maximum atomic E-state index is 13.6. The van der Waals surface area contributed by atoms with E-state index in [0.717, 1.165) is 25.7 Å². The number of hydrogen-bond acceptors (Lipinski definition) is 14. The maximum Gasteiger partial charge on any atom is 0.409 e. The third-order valence-corrected chi connectivity index (χ3v) is 9.01. The van der Waals surface area contributed by atoms with Crippen LogP contribution < -0.4 is 11.1 Å². The van der Waals surface area contributed by atoms with E-state index in [4.69, 9.17) is 24.7 Å². The van der Waals surface area contributed by atoms with E-state index < -0.39 is 42.4 Å². The predicted octanol–water partition coefficient (Wildman–Crippen LogP) is 2.05. The van der Waals surface area contributed by atoms with Crippen LogP contribution in [-0.4, -0.2) is 103 Å². The Bertz CT molecular complexity index is 2020. The number of likely N-dealkylation sites (tertiary alicyclic amines) is 1. The lowest BCUT2D eigenvalue weighted by Gasteiger charge is -2.29. The molecule has 7 rings (SSSR count). The molecule has 4 aromatic heterocycles. The van der Waals surface area contributed by atoms with Gasteiger partial charge in [0, 0.05) is 50.3 Å². The number of rotatable bonds is 8. The van der Waals surface area contributed by atoms with Gasteiger partial charge in [-0.25, -0.2) is 29.3 Å². The first-order valence-electron chi connectivity index (χ1n) is 16.8. The van der Waals surface area contributed by atoms with Crippen LogP contribution in [0.2, 0.25) is 0 Å². The zero-order chi connectivity index (χ0) is 36.2. The molecule has 268 valence electrons. The van der Waals surface area contributed by atoms with Crippen molar-refractivity contribution in [1.82, 2.24) is 39.7 Å². The second-order valence-electron chi connectivity index (χ2n) is 12.6. The molecule has 1 aliphatic carbocycles. The van der Waals surface area contributed by atoms with Crippen LogP contribution in [0.25, 0.3) is 11.2 Å². The van der Waals surface area contributed by atoms with Gasteiger partial charge in [0.1, 0.15) is 5.52 Å². The molecule has 4 aromatic rings. The van der Waals surface area contributed by atoms with E-state index in [9.17, 15) is 19.2 Å². The van der Waals surface area contributed by atoms with Gasteiger partial charge in [-0.15, -0.1) is 0 Å². The molecule has 4 unspecified atom stereocenters. The molecule has 0 radical (unpaired) electrons. The van der Waals surface area contributed by atoms with Crippen LogP contribution in [0.4, 0.5) is 10.6 Å². The fraction of sp³-hybridized carbons (Fsp3) is 0.400. The monoisotopic (exact) mass is 709 g/mol. The van der Waals surface area contributed by atoms with Crippen molar-refractivity contribution in [1.29, 1.82) is 0 Å². The summed E-state index contributed by atoms with van der Waals surface area (Å²) in [5, 5.41) is 2.89. The number of piperidine rings is 1. The average molecular weight is 710 g/mol. The quantitative estimate of drug-likeness (QED) is 0.152. The number of imidazole rings is 1. The highest BCUT2D eigenvalue weighted by atomic mass is 16.6. The molecule has 3 aliphatic rings. The van der Waals surface area contributed by atoms with Gasteiger partial charge in [-0.3, -0.25) is 19.3 Å². The van der Waals surface area contributed by atoms with E-state index in [1.807, 2.05) is 0 Å². The van der Waals surface area contributed by atoms with E-state index in [1.54, 1.807) is 17.0 Å². The highest BCUT2D eigenvalue weighted by Crippen LogP contribution is 2.37. The first-order valence-corrected chi connectivity index (χ1v) is 16.8. The van der Waals surface area contributed by atoms with Crippen molar-refractivity contribution in [3.05, 3.63) is 72.3 Å². The molecule has 0 aromatic carbocycles. The van der Waals surface area contributed by atoms with Crippen LogP contribution in [0.15, 0.2) is 55.4 Å². The van der Waals surface area contributed by atoms with Crippen LogP contribution in [-0.2, 0) is 23.7 Å². The summed E-state index contributed by atoms with van der Waals surface area (Å²) in [5.41, 5.74) is 6.97. The minimum Gasteiger partial charge on any atom is -0.453 e. The molecule has 2 saturated heterocycles. The molecule has 17 heteroatoms. The number of carbonyl (C=O) groups excluding carboxylic acids is 4. The second-order valence-corrected chi connectivity index (χ2v) is 12.6. The van der Waals surface area contributed by atoms with E-state index in [0.29, 0.717) is 19.5 Å². The number of anilines is 1. The van der Waals surface area contributed by atoms with Gasteiger partial charge in [-0.05, 0) is 61.8 Å². The Morgan fingerprint density at radius 2 is 1.63 bits per heavy atom. The van der Waals surface area contributed by atoms with Crippen molar-refractivity contribution < 1.29 is 38.1 Å². The number of ether oxygens (including phenoxy) is 4. The minimum atomic E-state index is -1.40. The first kappa shape index (κ1) is 34.3. The molecule has 0 spiro atoms. The highest BCUT2D eigenvalue weighted by Gasteiger charge is 2.54. The van der Waals surface area contributed by atoms with Gasteiger partial charge in [0.2, 0.25) is 5.82 Å². The molecular formula is C35H35N9O8. The zero-order valence-corrected chi connectivity index (χ0v) is 28.1. The number of pyridine rings is 2. The Labute approximate surface area is 297 Å². The van der Waals surface area contributed by atoms with Gasteiger partial charge in [0.25, 0.3) is 5.91 Å². The summed E-state index contributed by atoms with van der Waals surface area (Å²) in [6.45, 7) is 1.17. The summed E-state index contributed by atoms with van der Waals surface area (Å²) in [6, 6.07) is 6.11. The largest absolute Gasteiger partial charge is 0.453 e. The second kappa shape index (κ2) is 15.0. The lowest BCUT2D eigenvalue weighted by atomic mass is 9.94. The van der Waals surface area contributed by atoms with E-state index >= 15 is 0 Å². The van der Waals surface area contributed by atoms with Crippen molar-refractivity contribution in [2.75, 3.05) is 25.9 Å². The van der Waals surface area contributed by atoms with Gasteiger partial charge >= 0.3 is 18.0 Å². The molecule has 3 fully saturated rings. The summed E-state index contributed by atoms with van der Waals surface area (Å²) in [5.74, 6) is 4.40. The van der Waals surface area contributed by atoms with Crippen molar-refractivity contribution >= 4 is 40.9 Å². The Morgan fingerprint density at radius 3 is 2.25 bits per heavy atom. The summed E-state index contributed by atoms with van der Waals surface area (Å²) in [7, 11) is 1.36. The summed E-state index contributed by atoms with van der Waals surface area (Å²) < 4.78 is 24.5. The Morgan fingerprint density at radius 1 is 0.962 bits per heavy atom. The lowest BCUT2D eigenvalue weighted by molar-refractivity contribution is -0.138. The van der Waals surface area contributed by atoms with Gasteiger partial charge < -0.3 is 34.9 Å². The van der Waals surface area contributed by atoms with Crippen molar-refractivity contribution in [2.45, 2.75) is 62.7 Å². The molecule has 3 N–H and O–H groups in total. The summed E-state index contributed by atoms with van der Waals surface area (Å²) in [4.78, 5) is 75.3. The molecule has 2 amide bonds. The van der Waals surface area contributed by atoms with Crippen molar-refractivity contribution in [3.8, 4) is 11.8 Å². The molecule has 0 bridgehead atoms. The van der Waals surface area contributed by atoms with Crippen LogP contribution >= 0.6 is 0 Å². The number of nitrogens with two attached hydrogens (primary N) is 1. The number of nitrogens with zero attached hydrogens (tertiary/aromatic N) is 7. The topological polar surface area (TPSA) is 216 Å². The number of fused-ring (bicyclic) bond motifs is 1. The Balaban J connectivity index is 1.20. The van der Waals surface area contributed by atoms with Crippen LogP contribution in [0, 0.1) is 17.8 Å². The first-order chi connectivity index (χ1) is 25.3. The van der Waals surface area contributed by atoms with Crippen LogP contribution in [0.1, 0.15) is 64.9 Å². The fourth-order valence-corrected chi connectivity index (χ4v) is 6.09. The summed E-state index contributed by atoms with van der Waals surface area (Å²) in [6.07, 6.45) is 4.95. The normalized spacial score (nSPS) is 21.5. The van der Waals surface area contributed by atoms with Crippen molar-refractivity contribution in [3.63, 3.8) is 0 Å². The maximum absolute atomic E-state index is 13.6. The number of amides is 2. The molecule has 17 nitrogen and oxygen atoms in total. The standard InChI is InChI=1S/C35H35N9O8/c1-49-35(48)43-15-11-20(12-16-43)5-2-8-24-41-29(36)25-30(42-24)44(19-39-25)32-28(52-34(47)22-7-4-14-38-18-22)26(27(50-32)31(45)40-23-9-10-23)51-33(46)21-6-3-13-37-17-21/h3-4,6-7,13-14,17-20,23,26-28,32H,5,9-12,15-16H2,1H3,(H,40,45)(H2,36,41,42). The van der Waals surface area contributed by atoms with Crippen LogP contribution in [0.5, 0.6) is 0 Å². The lowest BCUT2D eigenvalue weighted by Crippen LogP contribution is -2.46. The molecule has 6 heterocycles. The number of methoxy groups -OCH3 is 1. The summed E-state index contributed by atoms with van der Waals surface area (Å²) >= 11 is 0. The zero-order valence-electron chi connectivity index (χ0n) is 28.1. The molecule has 1 saturated carbocycles. The third kappa shape index (κ3) is 7.47. The molecule has 52 heavy (non-hydrogen) atoms. The van der Waals surface area contributed by atoms with E-state index in [-0.39, 0.29) is 52.0 Å². The van der Waals surface area contributed by atoms with Gasteiger partial charge in [0.05, 0.1) is 24.6 Å². The average Bonchev–Trinajstić information content (AvgIpc) is 3.78. The van der Waals surface area contributed by atoms with Crippen LogP contribution in [0.3, 0.4) is 0 Å². The number of aromatic nitrogens is 6. The number of esters is 2. The fourth-order valence-electron chi connectivity index (χ4n) is 6.09. The number of nitrogen functional groups attached to an aromatic ring is 1.